The third kappa shape index (κ3) is 63.6. The highest BCUT2D eigenvalue weighted by Gasteiger charge is 2.25. The van der Waals surface area contributed by atoms with E-state index >= 15 is 0 Å². The zero-order valence-corrected chi connectivity index (χ0v) is 54.3. The van der Waals surface area contributed by atoms with Gasteiger partial charge in [-0.25, -0.2) is 4.79 Å². The highest BCUT2D eigenvalue weighted by Crippen LogP contribution is 2.19. The summed E-state index contributed by atoms with van der Waals surface area (Å²) in [7, 11) is 5.99. The van der Waals surface area contributed by atoms with Gasteiger partial charge in [0.2, 0.25) is 0 Å². The summed E-state index contributed by atoms with van der Waals surface area (Å²) in [6, 6.07) is 0. The maximum Gasteiger partial charge on any atom is 0.361 e. The van der Waals surface area contributed by atoms with Gasteiger partial charge in [-0.2, -0.15) is 0 Å². The minimum absolute atomic E-state index is 0.176. The number of esters is 2. The normalized spacial score (nSPS) is 12.7. The van der Waals surface area contributed by atoms with Gasteiger partial charge in [-0.15, -0.1) is 0 Å². The Morgan fingerprint density at radius 3 is 0.925 bits per heavy atom. The van der Waals surface area contributed by atoms with E-state index in [2.05, 4.69) is 26.0 Å². The molecule has 2 unspecified atom stereocenters. The van der Waals surface area contributed by atoms with Crippen LogP contribution in [0.2, 0.25) is 0 Å². The lowest BCUT2D eigenvalue weighted by Crippen LogP contribution is -2.40. The third-order valence-electron chi connectivity index (χ3n) is 16.3. The number of unbranched alkanes of at least 4 members (excludes halogenated alkanes) is 50. The lowest BCUT2D eigenvalue weighted by atomic mass is 10.0. The molecule has 9 nitrogen and oxygen atoms in total. The number of allylic oxidation sites excluding steroid dienone is 2. The SMILES string of the molecule is CCCCCCCCCC/C=C\CCCCCCCCCCCC(=O)OC(COC(=O)CCCCCCCCCCCCCCCCCCCCCCCCCCCCCCCCCCCC)COC(OCC[N+](C)(C)C)C(=O)O. The van der Waals surface area contributed by atoms with Crippen molar-refractivity contribution in [2.75, 3.05) is 47.5 Å². The molecule has 0 saturated heterocycles. The van der Waals surface area contributed by atoms with Gasteiger partial charge in [-0.1, -0.05) is 328 Å². The minimum Gasteiger partial charge on any atom is -0.477 e. The zero-order chi connectivity index (χ0) is 58.3. The van der Waals surface area contributed by atoms with Crippen molar-refractivity contribution in [2.24, 2.45) is 0 Å². The first-order chi connectivity index (χ1) is 39.1. The Hall–Kier alpha value is -1.97. The second kappa shape index (κ2) is 63.1. The predicted molar refractivity (Wildman–Crippen MR) is 341 cm³/mol. The lowest BCUT2D eigenvalue weighted by Gasteiger charge is -2.25. The van der Waals surface area contributed by atoms with Gasteiger partial charge in [-0.3, -0.25) is 9.59 Å². The summed E-state index contributed by atoms with van der Waals surface area (Å²) in [5.74, 6) is -1.98. The molecule has 0 aliphatic rings. The van der Waals surface area contributed by atoms with E-state index in [0.29, 0.717) is 17.4 Å². The van der Waals surface area contributed by atoms with Gasteiger partial charge in [0.25, 0.3) is 6.29 Å². The van der Waals surface area contributed by atoms with Crippen molar-refractivity contribution in [3.05, 3.63) is 12.2 Å². The van der Waals surface area contributed by atoms with Crippen molar-refractivity contribution in [3.63, 3.8) is 0 Å². The van der Waals surface area contributed by atoms with Crippen molar-refractivity contribution < 1.29 is 42.9 Å². The maximum atomic E-state index is 12.9. The van der Waals surface area contributed by atoms with Gasteiger partial charge >= 0.3 is 17.9 Å². The van der Waals surface area contributed by atoms with E-state index in [1.807, 2.05) is 21.1 Å². The number of nitrogens with zero attached hydrogens (tertiary/aromatic N) is 1. The Labute approximate surface area is 497 Å². The molecule has 0 spiro atoms. The Kier molecular flexibility index (Phi) is 61.5. The average Bonchev–Trinajstić information content (AvgIpc) is 3.43. The molecule has 0 saturated carbocycles. The van der Waals surface area contributed by atoms with Crippen LogP contribution in [0.5, 0.6) is 0 Å². The standard InChI is InChI=1S/C71H137NO8/c1-6-8-10-12-14-16-18-20-22-24-26-28-29-30-31-32-33-34-35-36-37-38-39-40-42-43-45-47-49-51-53-55-57-59-61-68(73)78-65-67(66-79-71(70(75)76)77-64-63-72(3,4)5)80-69(74)62-60-58-56-54-52-50-48-46-44-41-27-25-23-21-19-17-15-13-11-9-7-2/h25,27,67,71H,6-24,26,28-66H2,1-5H3/p+1/b27-25-. The molecule has 0 amide bonds. The molecule has 0 aromatic rings. The Morgan fingerprint density at radius 1 is 0.362 bits per heavy atom. The number of quaternary nitrogens is 1. The number of aliphatic carboxylic acids is 1. The summed E-state index contributed by atoms with van der Waals surface area (Å²) in [5, 5.41) is 9.74. The summed E-state index contributed by atoms with van der Waals surface area (Å²) in [4.78, 5) is 37.6. The number of hydrogen-bond acceptors (Lipinski definition) is 7. The first-order valence-corrected chi connectivity index (χ1v) is 35.4. The van der Waals surface area contributed by atoms with E-state index in [4.69, 9.17) is 18.9 Å². The highest BCUT2D eigenvalue weighted by molar-refractivity contribution is 5.71. The summed E-state index contributed by atoms with van der Waals surface area (Å²) in [6.45, 7) is 4.95. The van der Waals surface area contributed by atoms with Crippen molar-refractivity contribution in [3.8, 4) is 0 Å². The van der Waals surface area contributed by atoms with Crippen LogP contribution in [-0.4, -0.2) is 87.4 Å². The van der Waals surface area contributed by atoms with Crippen molar-refractivity contribution in [1.29, 1.82) is 0 Å². The number of carboxylic acids is 1. The molecule has 9 heteroatoms. The van der Waals surface area contributed by atoms with Crippen LogP contribution in [0, 0.1) is 0 Å². The van der Waals surface area contributed by atoms with Crippen LogP contribution >= 0.6 is 0 Å². The van der Waals surface area contributed by atoms with Crippen LogP contribution in [0.3, 0.4) is 0 Å². The fraction of sp³-hybridized carbons (Fsp3) is 0.930. The van der Waals surface area contributed by atoms with Gasteiger partial charge in [0.15, 0.2) is 6.10 Å². The molecule has 0 aromatic carbocycles. The van der Waals surface area contributed by atoms with E-state index < -0.39 is 18.4 Å². The van der Waals surface area contributed by atoms with E-state index in [-0.39, 0.29) is 38.2 Å². The van der Waals surface area contributed by atoms with Crippen LogP contribution in [0.1, 0.15) is 367 Å². The smallest absolute Gasteiger partial charge is 0.361 e. The monoisotopic (exact) mass is 1130 g/mol. The molecule has 1 N–H and O–H groups in total. The fourth-order valence-electron chi connectivity index (χ4n) is 10.8. The Balaban J connectivity index is 4.00. The first kappa shape index (κ1) is 78.0. The number of carboxylic acid groups (broad SMARTS) is 1. The maximum absolute atomic E-state index is 12.9. The Morgan fingerprint density at radius 2 is 0.637 bits per heavy atom. The molecule has 0 radical (unpaired) electrons. The van der Waals surface area contributed by atoms with Crippen molar-refractivity contribution in [2.45, 2.75) is 379 Å². The molecule has 0 rings (SSSR count). The van der Waals surface area contributed by atoms with Gasteiger partial charge in [-0.05, 0) is 38.5 Å². The van der Waals surface area contributed by atoms with Crippen molar-refractivity contribution >= 4 is 17.9 Å². The van der Waals surface area contributed by atoms with Crippen LogP contribution in [0.15, 0.2) is 12.2 Å². The largest absolute Gasteiger partial charge is 0.477 e. The molecule has 0 aliphatic heterocycles. The van der Waals surface area contributed by atoms with Gasteiger partial charge in [0.05, 0.1) is 34.4 Å². The van der Waals surface area contributed by atoms with E-state index in [1.54, 1.807) is 0 Å². The van der Waals surface area contributed by atoms with Crippen LogP contribution in [-0.2, 0) is 33.3 Å². The fourth-order valence-corrected chi connectivity index (χ4v) is 10.8. The van der Waals surface area contributed by atoms with Gasteiger partial charge in [0.1, 0.15) is 13.2 Å². The summed E-state index contributed by atoms with van der Waals surface area (Å²) in [6.07, 6.45) is 73.4. The third-order valence-corrected chi connectivity index (χ3v) is 16.3. The number of likely N-dealkylation sites (N-methyl/N-ethyl adjacent to an activating group) is 1. The van der Waals surface area contributed by atoms with Gasteiger partial charge < -0.3 is 28.5 Å². The number of rotatable bonds is 67. The number of carbonyl (C=O) groups excluding carboxylic acids is 2. The molecule has 0 aromatic heterocycles. The van der Waals surface area contributed by atoms with Crippen LogP contribution in [0.4, 0.5) is 0 Å². The molecule has 80 heavy (non-hydrogen) atoms. The molecule has 0 fully saturated rings. The van der Waals surface area contributed by atoms with E-state index in [1.165, 1.54) is 302 Å². The highest BCUT2D eigenvalue weighted by atomic mass is 16.7. The van der Waals surface area contributed by atoms with Crippen LogP contribution in [0.25, 0.3) is 0 Å². The zero-order valence-electron chi connectivity index (χ0n) is 54.3. The van der Waals surface area contributed by atoms with E-state index in [9.17, 15) is 19.5 Å². The van der Waals surface area contributed by atoms with Crippen LogP contribution < -0.4 is 0 Å². The molecule has 0 aliphatic carbocycles. The number of hydrogen-bond donors (Lipinski definition) is 1. The lowest BCUT2D eigenvalue weighted by molar-refractivity contribution is -0.870. The second-order valence-electron chi connectivity index (χ2n) is 25.6. The number of carbonyl (C=O) groups is 3. The van der Waals surface area contributed by atoms with E-state index in [0.717, 1.165) is 38.5 Å². The summed E-state index contributed by atoms with van der Waals surface area (Å²) in [5.41, 5.74) is 0. The molecule has 2 atom stereocenters. The molecule has 0 bridgehead atoms. The molecular formula is C71H138NO8+. The summed E-state index contributed by atoms with van der Waals surface area (Å²) < 4.78 is 23.0. The predicted octanol–water partition coefficient (Wildman–Crippen LogP) is 21.6. The van der Waals surface area contributed by atoms with Crippen molar-refractivity contribution in [1.82, 2.24) is 0 Å². The first-order valence-electron chi connectivity index (χ1n) is 35.4. The summed E-state index contributed by atoms with van der Waals surface area (Å²) >= 11 is 0. The number of ether oxygens (including phenoxy) is 4. The molecule has 0 heterocycles. The average molecular weight is 1130 g/mol. The Bertz CT molecular complexity index is 1320. The van der Waals surface area contributed by atoms with Gasteiger partial charge in [0, 0.05) is 12.8 Å². The second-order valence-corrected chi connectivity index (χ2v) is 25.6. The molecular weight excluding hydrogens is 995 g/mol. The quantitative estimate of drug-likeness (QED) is 0.0211. The minimum atomic E-state index is -1.51. The molecule has 474 valence electrons. The topological polar surface area (TPSA) is 108 Å².